The molecule has 0 atom stereocenters. The van der Waals surface area contributed by atoms with Crippen LogP contribution in [0.25, 0.3) is 0 Å². The van der Waals surface area contributed by atoms with E-state index in [1.54, 1.807) is 22.9 Å². The molecule has 0 spiro atoms. The van der Waals surface area contributed by atoms with E-state index in [4.69, 9.17) is 0 Å². The second-order valence-electron chi connectivity index (χ2n) is 3.03. The van der Waals surface area contributed by atoms with Crippen molar-refractivity contribution in [2.45, 2.75) is 19.9 Å². The minimum atomic E-state index is -0.376. The number of rotatable bonds is 4. The number of ether oxygens (including phenoxy) is 1. The molecule has 14 heavy (non-hydrogen) atoms. The Hall–Kier alpha value is -1.58. The Morgan fingerprint density at radius 1 is 1.50 bits per heavy atom. The van der Waals surface area contributed by atoms with Crippen molar-refractivity contribution in [1.29, 1.82) is 0 Å². The Kier molecular flexibility index (Phi) is 3.45. The molecule has 1 aromatic heterocycles. The molecule has 76 valence electrons. The van der Waals surface area contributed by atoms with Crippen molar-refractivity contribution in [2.75, 3.05) is 7.11 Å². The lowest BCUT2D eigenvalue weighted by Crippen LogP contribution is -2.11. The third kappa shape index (κ3) is 2.45. The molecule has 0 unspecified atom stereocenters. The van der Waals surface area contributed by atoms with Crippen LogP contribution in [-0.2, 0) is 16.1 Å². The van der Waals surface area contributed by atoms with Gasteiger partial charge in [0.05, 0.1) is 7.11 Å². The Balaban J connectivity index is 2.72. The summed E-state index contributed by atoms with van der Waals surface area (Å²) in [5.74, 6) is -0.270. The number of aromatic nitrogens is 1. The number of hydrogen-bond acceptors (Lipinski definition) is 3. The lowest BCUT2D eigenvalue weighted by Gasteiger charge is -2.05. The summed E-state index contributed by atoms with van der Waals surface area (Å²) in [6, 6.07) is 3.43. The Morgan fingerprint density at radius 3 is 2.79 bits per heavy atom. The fourth-order valence-corrected chi connectivity index (χ4v) is 1.18. The van der Waals surface area contributed by atoms with Crippen LogP contribution >= 0.6 is 0 Å². The summed E-state index contributed by atoms with van der Waals surface area (Å²) >= 11 is 0. The number of methoxy groups -OCH3 is 1. The van der Waals surface area contributed by atoms with Crippen LogP contribution in [0.15, 0.2) is 18.3 Å². The van der Waals surface area contributed by atoms with Crippen LogP contribution in [0.3, 0.4) is 0 Å². The molecule has 1 aromatic rings. The number of hydrogen-bond donors (Lipinski definition) is 0. The average molecular weight is 195 g/mol. The summed E-state index contributed by atoms with van der Waals surface area (Å²) in [6.07, 6.45) is 2.19. The maximum atomic E-state index is 11.2. The van der Waals surface area contributed by atoms with E-state index in [9.17, 15) is 9.59 Å². The van der Waals surface area contributed by atoms with Gasteiger partial charge in [0.25, 0.3) is 0 Å². The van der Waals surface area contributed by atoms with Crippen molar-refractivity contribution in [3.05, 3.63) is 24.0 Å². The van der Waals surface area contributed by atoms with E-state index in [1.165, 1.54) is 14.0 Å². The van der Waals surface area contributed by atoms with E-state index in [0.29, 0.717) is 18.7 Å². The Labute approximate surface area is 82.5 Å². The first kappa shape index (κ1) is 10.5. The molecule has 0 saturated heterocycles. The molecule has 0 N–H and O–H groups in total. The highest BCUT2D eigenvalue weighted by molar-refractivity contribution is 5.87. The lowest BCUT2D eigenvalue weighted by molar-refractivity contribution is -0.117. The molecular weight excluding hydrogens is 182 g/mol. The van der Waals surface area contributed by atoms with Crippen molar-refractivity contribution in [2.24, 2.45) is 0 Å². The predicted octanol–water partition coefficient (Wildman–Crippen LogP) is 1.25. The van der Waals surface area contributed by atoms with Gasteiger partial charge in [0.15, 0.2) is 0 Å². The summed E-state index contributed by atoms with van der Waals surface area (Å²) in [6.45, 7) is 2.05. The first-order valence-corrected chi connectivity index (χ1v) is 4.38. The molecule has 4 heteroatoms. The fourth-order valence-electron chi connectivity index (χ4n) is 1.18. The zero-order valence-electron chi connectivity index (χ0n) is 8.32. The molecule has 0 aromatic carbocycles. The van der Waals surface area contributed by atoms with Gasteiger partial charge >= 0.3 is 5.97 Å². The van der Waals surface area contributed by atoms with E-state index >= 15 is 0 Å². The lowest BCUT2D eigenvalue weighted by atomic mass is 10.3. The molecule has 4 nitrogen and oxygen atoms in total. The monoisotopic (exact) mass is 195 g/mol. The number of Topliss-reactive ketones (excluding diaryl/α,β-unsaturated/α-hetero) is 1. The van der Waals surface area contributed by atoms with Gasteiger partial charge in [-0.3, -0.25) is 4.79 Å². The van der Waals surface area contributed by atoms with Crippen LogP contribution in [0.2, 0.25) is 0 Å². The normalized spacial score (nSPS) is 9.86. The fraction of sp³-hybridized carbons (Fsp3) is 0.400. The summed E-state index contributed by atoms with van der Waals surface area (Å²) in [5, 5.41) is 0. The van der Waals surface area contributed by atoms with Gasteiger partial charge in [0.1, 0.15) is 11.5 Å². The maximum absolute atomic E-state index is 11.2. The van der Waals surface area contributed by atoms with Crippen LogP contribution in [0.4, 0.5) is 0 Å². The van der Waals surface area contributed by atoms with Gasteiger partial charge in [0.2, 0.25) is 0 Å². The second-order valence-corrected chi connectivity index (χ2v) is 3.03. The predicted molar refractivity (Wildman–Crippen MR) is 51.1 cm³/mol. The molecule has 0 amide bonds. The molecular formula is C10H13NO3. The smallest absolute Gasteiger partial charge is 0.354 e. The van der Waals surface area contributed by atoms with E-state index in [1.807, 2.05) is 0 Å². The largest absolute Gasteiger partial charge is 0.464 e. The van der Waals surface area contributed by atoms with Crippen molar-refractivity contribution >= 4 is 11.8 Å². The first-order valence-electron chi connectivity index (χ1n) is 4.38. The summed E-state index contributed by atoms with van der Waals surface area (Å²) in [7, 11) is 1.34. The number of carbonyl (C=O) groups excluding carboxylic acids is 2. The van der Waals surface area contributed by atoms with Gasteiger partial charge in [-0.05, 0) is 19.1 Å². The number of aryl methyl sites for hydroxylation is 1. The third-order valence-corrected chi connectivity index (χ3v) is 1.93. The number of esters is 1. The first-order chi connectivity index (χ1) is 6.65. The minimum Gasteiger partial charge on any atom is -0.464 e. The van der Waals surface area contributed by atoms with Crippen LogP contribution in [0, 0.1) is 0 Å². The summed E-state index contributed by atoms with van der Waals surface area (Å²) < 4.78 is 6.31. The number of carbonyl (C=O) groups is 2. The second kappa shape index (κ2) is 4.60. The van der Waals surface area contributed by atoms with Gasteiger partial charge in [-0.2, -0.15) is 0 Å². The topological polar surface area (TPSA) is 48.3 Å². The van der Waals surface area contributed by atoms with Gasteiger partial charge in [-0.1, -0.05) is 0 Å². The van der Waals surface area contributed by atoms with Crippen LogP contribution < -0.4 is 0 Å². The molecule has 0 aliphatic carbocycles. The average Bonchev–Trinajstić information content (AvgIpc) is 2.61. The summed E-state index contributed by atoms with van der Waals surface area (Å²) in [5.41, 5.74) is 0.480. The highest BCUT2D eigenvalue weighted by Crippen LogP contribution is 2.05. The number of nitrogens with zero attached hydrogens (tertiary/aromatic N) is 1. The molecule has 0 saturated carbocycles. The number of ketones is 1. The van der Waals surface area contributed by atoms with Crippen LogP contribution in [0.1, 0.15) is 23.8 Å². The quantitative estimate of drug-likeness (QED) is 0.679. The van der Waals surface area contributed by atoms with E-state index in [-0.39, 0.29) is 11.8 Å². The molecule has 0 bridgehead atoms. The Bertz CT molecular complexity index is 341. The van der Waals surface area contributed by atoms with Crippen molar-refractivity contribution < 1.29 is 14.3 Å². The van der Waals surface area contributed by atoms with E-state index < -0.39 is 0 Å². The molecule has 0 radical (unpaired) electrons. The van der Waals surface area contributed by atoms with Gasteiger partial charge < -0.3 is 9.30 Å². The Morgan fingerprint density at radius 2 is 2.21 bits per heavy atom. The van der Waals surface area contributed by atoms with Crippen molar-refractivity contribution in [3.63, 3.8) is 0 Å². The van der Waals surface area contributed by atoms with Crippen LogP contribution in [-0.4, -0.2) is 23.4 Å². The molecule has 0 fully saturated rings. The summed E-state index contributed by atoms with van der Waals surface area (Å²) in [4.78, 5) is 22.0. The molecule has 1 heterocycles. The molecule has 1 rings (SSSR count). The van der Waals surface area contributed by atoms with Gasteiger partial charge in [-0.15, -0.1) is 0 Å². The van der Waals surface area contributed by atoms with Gasteiger partial charge in [0, 0.05) is 19.2 Å². The highest BCUT2D eigenvalue weighted by Gasteiger charge is 2.10. The van der Waals surface area contributed by atoms with Gasteiger partial charge in [-0.25, -0.2) is 4.79 Å². The zero-order chi connectivity index (χ0) is 10.6. The van der Waals surface area contributed by atoms with Crippen molar-refractivity contribution in [3.8, 4) is 0 Å². The van der Waals surface area contributed by atoms with Crippen molar-refractivity contribution in [1.82, 2.24) is 4.57 Å². The van der Waals surface area contributed by atoms with E-state index in [2.05, 4.69) is 4.74 Å². The standard InChI is InChI=1S/C10H13NO3/c1-8(12)5-7-11-6-3-4-9(11)10(13)14-2/h3-4,6H,5,7H2,1-2H3. The zero-order valence-corrected chi connectivity index (χ0v) is 8.32. The molecule has 0 aliphatic heterocycles. The minimum absolute atomic E-state index is 0.106. The highest BCUT2D eigenvalue weighted by atomic mass is 16.5. The third-order valence-electron chi connectivity index (χ3n) is 1.93. The van der Waals surface area contributed by atoms with E-state index in [0.717, 1.165) is 0 Å². The maximum Gasteiger partial charge on any atom is 0.354 e. The van der Waals surface area contributed by atoms with Crippen LogP contribution in [0.5, 0.6) is 0 Å². The SMILES string of the molecule is COC(=O)c1cccn1CCC(C)=O. The molecule has 0 aliphatic rings.